The molecule has 2 fully saturated rings. The van der Waals surface area contributed by atoms with Crippen molar-refractivity contribution < 1.29 is 14.4 Å². The molecule has 0 bridgehead atoms. The summed E-state index contributed by atoms with van der Waals surface area (Å²) in [6.45, 7) is -0.218. The van der Waals surface area contributed by atoms with Gasteiger partial charge in [-0.1, -0.05) is 30.9 Å². The van der Waals surface area contributed by atoms with Crippen molar-refractivity contribution in [3.8, 4) is 0 Å². The Hall–Kier alpha value is -1.40. The Morgan fingerprint density at radius 2 is 2.00 bits per heavy atom. The van der Waals surface area contributed by atoms with Gasteiger partial charge in [0.15, 0.2) is 5.78 Å². The number of thiophene rings is 1. The second kappa shape index (κ2) is 6.38. The third-order valence-corrected chi connectivity index (χ3v) is 5.60. The molecule has 1 aliphatic heterocycles. The smallest absolute Gasteiger partial charge is 0.325 e. The van der Waals surface area contributed by atoms with E-state index in [0.29, 0.717) is 9.21 Å². The summed E-state index contributed by atoms with van der Waals surface area (Å²) in [4.78, 5) is 38.2. The van der Waals surface area contributed by atoms with E-state index in [1.807, 2.05) is 0 Å². The second-order valence-electron chi connectivity index (χ2n) is 5.78. The highest BCUT2D eigenvalue weighted by molar-refractivity contribution is 7.18. The number of carbonyl (C=O) groups excluding carboxylic acids is 3. The normalized spacial score (nSPS) is 23.0. The average Bonchev–Trinajstić information content (AvgIpc) is 3.07. The molecule has 0 spiro atoms. The summed E-state index contributed by atoms with van der Waals surface area (Å²) in [6.07, 6.45) is 5.29. The molecule has 1 saturated heterocycles. The largest absolute Gasteiger partial charge is 0.326 e. The van der Waals surface area contributed by atoms with Crippen molar-refractivity contribution in [2.75, 3.05) is 6.54 Å². The standard InChI is InChI=1S/C15H17ClN2O3S/c16-12-7-6-11(22-12)10(19)8-18-14(20)13(17-15(18)21)9-4-2-1-3-5-9/h6-7,9,13H,1-5,8H2,(H,17,21)/t13-/m1/s1. The molecule has 0 radical (unpaired) electrons. The maximum Gasteiger partial charge on any atom is 0.325 e. The molecule has 1 N–H and O–H groups in total. The van der Waals surface area contributed by atoms with Gasteiger partial charge in [0.25, 0.3) is 5.91 Å². The van der Waals surface area contributed by atoms with Gasteiger partial charge in [0.05, 0.1) is 15.8 Å². The zero-order valence-corrected chi connectivity index (χ0v) is 13.6. The highest BCUT2D eigenvalue weighted by Crippen LogP contribution is 2.29. The highest BCUT2D eigenvalue weighted by atomic mass is 35.5. The first-order chi connectivity index (χ1) is 10.6. The van der Waals surface area contributed by atoms with Gasteiger partial charge >= 0.3 is 6.03 Å². The summed E-state index contributed by atoms with van der Waals surface area (Å²) in [7, 11) is 0. The van der Waals surface area contributed by atoms with E-state index in [4.69, 9.17) is 11.6 Å². The zero-order valence-electron chi connectivity index (χ0n) is 12.0. The molecular formula is C15H17ClN2O3S. The van der Waals surface area contributed by atoms with E-state index in [2.05, 4.69) is 5.32 Å². The van der Waals surface area contributed by atoms with E-state index in [-0.39, 0.29) is 24.2 Å². The van der Waals surface area contributed by atoms with Crippen molar-refractivity contribution in [2.45, 2.75) is 38.1 Å². The SMILES string of the molecule is O=C(CN1C(=O)N[C@H](C2CCCCC2)C1=O)c1ccc(Cl)s1. The third kappa shape index (κ3) is 3.03. The Bertz CT molecular complexity index is 610. The molecule has 3 amide bonds. The van der Waals surface area contributed by atoms with Crippen LogP contribution in [-0.4, -0.2) is 35.2 Å². The molecule has 0 aromatic carbocycles. The Kier molecular flexibility index (Phi) is 4.49. The summed E-state index contributed by atoms with van der Waals surface area (Å²) in [5, 5.41) is 2.75. The minimum Gasteiger partial charge on any atom is -0.326 e. The fourth-order valence-electron chi connectivity index (χ4n) is 3.16. The van der Waals surface area contributed by atoms with Gasteiger partial charge in [-0.15, -0.1) is 11.3 Å². The van der Waals surface area contributed by atoms with Crippen LogP contribution in [-0.2, 0) is 4.79 Å². The first-order valence-corrected chi connectivity index (χ1v) is 8.66. The van der Waals surface area contributed by atoms with Crippen molar-refractivity contribution in [3.05, 3.63) is 21.3 Å². The quantitative estimate of drug-likeness (QED) is 0.676. The molecule has 1 atom stereocenters. The Morgan fingerprint density at radius 3 is 2.64 bits per heavy atom. The van der Waals surface area contributed by atoms with Gasteiger partial charge in [0, 0.05) is 0 Å². The van der Waals surface area contributed by atoms with Crippen molar-refractivity contribution in [1.82, 2.24) is 10.2 Å². The van der Waals surface area contributed by atoms with Gasteiger partial charge in [0.2, 0.25) is 0 Å². The van der Waals surface area contributed by atoms with E-state index < -0.39 is 12.1 Å². The fraction of sp³-hybridized carbons (Fsp3) is 0.533. The summed E-state index contributed by atoms with van der Waals surface area (Å²) >= 11 is 6.97. The van der Waals surface area contributed by atoms with Crippen LogP contribution < -0.4 is 5.32 Å². The van der Waals surface area contributed by atoms with Crippen LogP contribution in [0.1, 0.15) is 41.8 Å². The fourth-order valence-corrected chi connectivity index (χ4v) is 4.14. The number of ketones is 1. The lowest BCUT2D eigenvalue weighted by Gasteiger charge is -2.25. The second-order valence-corrected chi connectivity index (χ2v) is 7.49. The van der Waals surface area contributed by atoms with E-state index in [1.165, 1.54) is 6.42 Å². The Morgan fingerprint density at radius 1 is 1.27 bits per heavy atom. The number of nitrogens with zero attached hydrogens (tertiary/aromatic N) is 1. The molecule has 1 aromatic heterocycles. The molecule has 2 heterocycles. The third-order valence-electron chi connectivity index (χ3n) is 4.33. The van der Waals surface area contributed by atoms with Gasteiger partial charge in [-0.2, -0.15) is 0 Å². The van der Waals surface area contributed by atoms with Crippen molar-refractivity contribution in [3.63, 3.8) is 0 Å². The average molecular weight is 341 g/mol. The molecule has 1 saturated carbocycles. The molecule has 3 rings (SSSR count). The first-order valence-electron chi connectivity index (χ1n) is 7.46. The monoisotopic (exact) mass is 340 g/mol. The number of nitrogens with one attached hydrogen (secondary N) is 1. The predicted octanol–water partition coefficient (Wildman–Crippen LogP) is 3.08. The summed E-state index contributed by atoms with van der Waals surface area (Å²) < 4.78 is 0.514. The van der Waals surface area contributed by atoms with Crippen LogP contribution in [0, 0.1) is 5.92 Å². The van der Waals surface area contributed by atoms with E-state index in [9.17, 15) is 14.4 Å². The minimum absolute atomic E-state index is 0.196. The van der Waals surface area contributed by atoms with E-state index in [0.717, 1.165) is 41.9 Å². The summed E-state index contributed by atoms with van der Waals surface area (Å²) in [5.74, 6) is -0.334. The summed E-state index contributed by atoms with van der Waals surface area (Å²) in [5.41, 5.74) is 0. The summed E-state index contributed by atoms with van der Waals surface area (Å²) in [6, 6.07) is 2.33. The number of Topliss-reactive ketones (excluding diaryl/α,β-unsaturated/α-hetero) is 1. The lowest BCUT2D eigenvalue weighted by Crippen LogP contribution is -2.39. The number of hydrogen-bond donors (Lipinski definition) is 1. The number of rotatable bonds is 4. The lowest BCUT2D eigenvalue weighted by molar-refractivity contribution is -0.128. The molecule has 118 valence electrons. The van der Waals surface area contributed by atoms with Gasteiger partial charge in [-0.25, -0.2) is 4.79 Å². The minimum atomic E-state index is -0.465. The van der Waals surface area contributed by atoms with Crippen LogP contribution in [0.25, 0.3) is 0 Å². The van der Waals surface area contributed by atoms with Gasteiger partial charge in [-0.3, -0.25) is 14.5 Å². The first kappa shape index (κ1) is 15.5. The van der Waals surface area contributed by atoms with Crippen LogP contribution in [0.3, 0.4) is 0 Å². The maximum absolute atomic E-state index is 12.5. The molecule has 0 unspecified atom stereocenters. The van der Waals surface area contributed by atoms with Crippen LogP contribution in [0.5, 0.6) is 0 Å². The van der Waals surface area contributed by atoms with Crippen molar-refractivity contribution >= 4 is 40.7 Å². The maximum atomic E-state index is 12.5. The number of urea groups is 1. The topological polar surface area (TPSA) is 66.5 Å². The molecule has 2 aliphatic rings. The number of carbonyl (C=O) groups is 3. The molecule has 1 aromatic rings. The van der Waals surface area contributed by atoms with Crippen molar-refractivity contribution in [2.24, 2.45) is 5.92 Å². The molecule has 1 aliphatic carbocycles. The Balaban J connectivity index is 1.67. The molecule has 5 nitrogen and oxygen atoms in total. The number of halogens is 1. The molecule has 7 heteroatoms. The highest BCUT2D eigenvalue weighted by Gasteiger charge is 2.43. The Labute approximate surface area is 137 Å². The van der Waals surface area contributed by atoms with E-state index >= 15 is 0 Å². The van der Waals surface area contributed by atoms with Gasteiger partial charge in [0.1, 0.15) is 6.04 Å². The predicted molar refractivity (Wildman–Crippen MR) is 84.3 cm³/mol. The zero-order chi connectivity index (χ0) is 15.7. The molecular weight excluding hydrogens is 324 g/mol. The molecule has 22 heavy (non-hydrogen) atoms. The van der Waals surface area contributed by atoms with Crippen molar-refractivity contribution in [1.29, 1.82) is 0 Å². The number of amides is 3. The van der Waals surface area contributed by atoms with Gasteiger partial charge < -0.3 is 5.32 Å². The number of hydrogen-bond acceptors (Lipinski definition) is 4. The van der Waals surface area contributed by atoms with Gasteiger partial charge in [-0.05, 0) is 30.9 Å². The number of imide groups is 1. The lowest BCUT2D eigenvalue weighted by atomic mass is 9.84. The van der Waals surface area contributed by atoms with E-state index in [1.54, 1.807) is 12.1 Å². The van der Waals surface area contributed by atoms with Crippen LogP contribution >= 0.6 is 22.9 Å². The van der Waals surface area contributed by atoms with Crippen LogP contribution in [0.4, 0.5) is 4.79 Å². The van der Waals surface area contributed by atoms with Crippen LogP contribution in [0.15, 0.2) is 12.1 Å². The van der Waals surface area contributed by atoms with Crippen LogP contribution in [0.2, 0.25) is 4.34 Å².